The number of thiazole rings is 1. The van der Waals surface area contributed by atoms with E-state index in [0.29, 0.717) is 19.4 Å². The number of aryl methyl sites for hydroxylation is 1. The van der Waals surface area contributed by atoms with Crippen LogP contribution < -0.4 is 10.6 Å². The number of rotatable bonds is 9. The van der Waals surface area contributed by atoms with Crippen LogP contribution in [0.25, 0.3) is 11.3 Å². The van der Waals surface area contributed by atoms with Gasteiger partial charge >= 0.3 is 0 Å². The molecule has 2 N–H and O–H groups in total. The van der Waals surface area contributed by atoms with Crippen molar-refractivity contribution < 1.29 is 14.0 Å². The summed E-state index contributed by atoms with van der Waals surface area (Å²) >= 11 is 1.63. The summed E-state index contributed by atoms with van der Waals surface area (Å²) in [5, 5.41) is 8.84. The molecule has 0 aliphatic rings. The zero-order valence-corrected chi connectivity index (χ0v) is 19.1. The molecule has 4 aromatic rings. The van der Waals surface area contributed by atoms with Crippen molar-refractivity contribution in [2.45, 2.75) is 25.8 Å². The van der Waals surface area contributed by atoms with Crippen LogP contribution in [0.3, 0.4) is 0 Å². The molecule has 0 saturated heterocycles. The van der Waals surface area contributed by atoms with Crippen molar-refractivity contribution in [3.8, 4) is 11.3 Å². The van der Waals surface area contributed by atoms with Crippen LogP contribution in [0.2, 0.25) is 0 Å². The van der Waals surface area contributed by atoms with Gasteiger partial charge in [0.2, 0.25) is 5.91 Å². The first kappa shape index (κ1) is 22.5. The molecule has 0 radical (unpaired) electrons. The molecule has 0 spiro atoms. The molecule has 33 heavy (non-hydrogen) atoms. The maximum atomic E-state index is 12.9. The molecule has 2 aromatic carbocycles. The summed E-state index contributed by atoms with van der Waals surface area (Å²) in [7, 11) is 0. The third-order valence-electron chi connectivity index (χ3n) is 5.23. The monoisotopic (exact) mass is 459 g/mol. The normalized spacial score (nSPS) is 11.7. The zero-order chi connectivity index (χ0) is 23.0. The highest BCUT2D eigenvalue weighted by molar-refractivity contribution is 7.09. The summed E-state index contributed by atoms with van der Waals surface area (Å²) in [6.45, 7) is 2.46. The molecule has 7 heteroatoms. The molecule has 6 nitrogen and oxygen atoms in total. The van der Waals surface area contributed by atoms with E-state index >= 15 is 0 Å². The molecule has 4 rings (SSSR count). The molecule has 2 amide bonds. The van der Waals surface area contributed by atoms with Crippen molar-refractivity contribution in [3.05, 3.63) is 100 Å². The predicted molar refractivity (Wildman–Crippen MR) is 129 cm³/mol. The summed E-state index contributed by atoms with van der Waals surface area (Å²) in [6, 6.07) is 20.3. The average Bonchev–Trinajstić information content (AvgIpc) is 3.52. The number of carbonyl (C=O) groups excluding carboxylic acids is 2. The number of furan rings is 1. The average molecular weight is 460 g/mol. The van der Waals surface area contributed by atoms with E-state index in [1.54, 1.807) is 23.5 Å². The maximum absolute atomic E-state index is 12.9. The van der Waals surface area contributed by atoms with E-state index in [0.717, 1.165) is 27.4 Å². The number of amides is 2. The highest BCUT2D eigenvalue weighted by Gasteiger charge is 2.22. The smallest absolute Gasteiger partial charge is 0.287 e. The quantitative estimate of drug-likeness (QED) is 0.388. The van der Waals surface area contributed by atoms with Crippen LogP contribution in [0.4, 0.5) is 0 Å². The minimum atomic E-state index is -0.708. The Morgan fingerprint density at radius 3 is 2.45 bits per heavy atom. The third kappa shape index (κ3) is 6.17. The second kappa shape index (κ2) is 10.7. The van der Waals surface area contributed by atoms with Gasteiger partial charge in [-0.1, -0.05) is 54.6 Å². The highest BCUT2D eigenvalue weighted by atomic mass is 32.1. The molecule has 0 saturated carbocycles. The SMILES string of the molecule is Cc1nc(-c2ccc(CCNC(=O)C(Cc3ccccc3)NC(=O)c3ccco3)cc2)cs1. The molecular formula is C26H25N3O3S. The predicted octanol–water partition coefficient (Wildman–Crippen LogP) is 4.41. The molecule has 0 aliphatic carbocycles. The number of nitrogens with one attached hydrogen (secondary N) is 2. The molecule has 0 fully saturated rings. The summed E-state index contributed by atoms with van der Waals surface area (Å²) < 4.78 is 5.16. The van der Waals surface area contributed by atoms with Crippen LogP contribution in [-0.4, -0.2) is 29.4 Å². The molecule has 2 heterocycles. The fourth-order valence-corrected chi connectivity index (χ4v) is 4.11. The Balaban J connectivity index is 1.35. The number of nitrogens with zero attached hydrogens (tertiary/aromatic N) is 1. The molecule has 1 atom stereocenters. The number of hydrogen-bond donors (Lipinski definition) is 2. The summed E-state index contributed by atoms with van der Waals surface area (Å²) in [5.74, 6) is -0.464. The van der Waals surface area contributed by atoms with E-state index in [2.05, 4.69) is 33.1 Å². The fourth-order valence-electron chi connectivity index (χ4n) is 3.49. The number of benzene rings is 2. The van der Waals surface area contributed by atoms with Crippen LogP contribution in [0.1, 0.15) is 26.7 Å². The molecule has 0 aliphatic heterocycles. The lowest BCUT2D eigenvalue weighted by Crippen LogP contribution is -2.48. The van der Waals surface area contributed by atoms with Crippen LogP contribution in [0, 0.1) is 6.92 Å². The van der Waals surface area contributed by atoms with E-state index in [9.17, 15) is 9.59 Å². The van der Waals surface area contributed by atoms with Crippen LogP contribution in [0.15, 0.2) is 82.8 Å². The fraction of sp³-hybridized carbons (Fsp3) is 0.192. The van der Waals surface area contributed by atoms with E-state index < -0.39 is 11.9 Å². The summed E-state index contributed by atoms with van der Waals surface area (Å²) in [6.07, 6.45) is 2.51. The van der Waals surface area contributed by atoms with Crippen LogP contribution in [-0.2, 0) is 17.6 Å². The number of carbonyl (C=O) groups is 2. The van der Waals surface area contributed by atoms with Gasteiger partial charge in [-0.05, 0) is 36.6 Å². The Kier molecular flexibility index (Phi) is 7.32. The second-order valence-electron chi connectivity index (χ2n) is 7.68. The Labute approximate surface area is 196 Å². The zero-order valence-electron chi connectivity index (χ0n) is 18.3. The first-order chi connectivity index (χ1) is 16.1. The minimum absolute atomic E-state index is 0.177. The Hall–Kier alpha value is -3.71. The standard InChI is InChI=1S/C26H25N3O3S/c1-18-28-23(17-33-18)21-11-9-19(10-12-21)13-14-27-25(30)22(16-20-6-3-2-4-7-20)29-26(31)24-8-5-15-32-24/h2-12,15,17,22H,13-14,16H2,1H3,(H,27,30)(H,29,31). The second-order valence-corrected chi connectivity index (χ2v) is 8.75. The van der Waals surface area contributed by atoms with Crippen molar-refractivity contribution in [2.75, 3.05) is 6.54 Å². The van der Waals surface area contributed by atoms with Crippen molar-refractivity contribution >= 4 is 23.2 Å². The van der Waals surface area contributed by atoms with Gasteiger partial charge in [-0.3, -0.25) is 9.59 Å². The molecule has 2 aromatic heterocycles. The van der Waals surface area contributed by atoms with Crippen molar-refractivity contribution in [3.63, 3.8) is 0 Å². The lowest BCUT2D eigenvalue weighted by molar-refractivity contribution is -0.122. The molecule has 1 unspecified atom stereocenters. The lowest BCUT2D eigenvalue weighted by Gasteiger charge is -2.18. The number of hydrogen-bond acceptors (Lipinski definition) is 5. The van der Waals surface area contributed by atoms with Gasteiger partial charge in [-0.2, -0.15) is 0 Å². The lowest BCUT2D eigenvalue weighted by atomic mass is 10.0. The summed E-state index contributed by atoms with van der Waals surface area (Å²) in [5.41, 5.74) is 4.14. The topological polar surface area (TPSA) is 84.2 Å². The molecular weight excluding hydrogens is 434 g/mol. The van der Waals surface area contributed by atoms with Gasteiger partial charge in [-0.25, -0.2) is 4.98 Å². The first-order valence-electron chi connectivity index (χ1n) is 10.8. The van der Waals surface area contributed by atoms with Gasteiger partial charge in [0, 0.05) is 23.9 Å². The number of aromatic nitrogens is 1. The van der Waals surface area contributed by atoms with E-state index in [1.807, 2.05) is 49.4 Å². The van der Waals surface area contributed by atoms with Gasteiger partial charge < -0.3 is 15.1 Å². The van der Waals surface area contributed by atoms with E-state index in [-0.39, 0.29) is 11.7 Å². The Bertz CT molecular complexity index is 1190. The van der Waals surface area contributed by atoms with Crippen LogP contribution in [0.5, 0.6) is 0 Å². The Morgan fingerprint density at radius 2 is 1.79 bits per heavy atom. The van der Waals surface area contributed by atoms with Gasteiger partial charge in [0.25, 0.3) is 5.91 Å². The minimum Gasteiger partial charge on any atom is -0.459 e. The van der Waals surface area contributed by atoms with Gasteiger partial charge in [0.1, 0.15) is 6.04 Å². The van der Waals surface area contributed by atoms with Crippen molar-refractivity contribution in [1.82, 2.24) is 15.6 Å². The Morgan fingerprint density at radius 1 is 1.00 bits per heavy atom. The van der Waals surface area contributed by atoms with E-state index in [4.69, 9.17) is 4.42 Å². The van der Waals surface area contributed by atoms with Crippen LogP contribution >= 0.6 is 11.3 Å². The van der Waals surface area contributed by atoms with Crippen molar-refractivity contribution in [2.24, 2.45) is 0 Å². The first-order valence-corrected chi connectivity index (χ1v) is 11.6. The maximum Gasteiger partial charge on any atom is 0.287 e. The third-order valence-corrected chi connectivity index (χ3v) is 6.00. The largest absolute Gasteiger partial charge is 0.459 e. The van der Waals surface area contributed by atoms with Crippen molar-refractivity contribution in [1.29, 1.82) is 0 Å². The van der Waals surface area contributed by atoms with E-state index in [1.165, 1.54) is 6.26 Å². The molecule has 0 bridgehead atoms. The van der Waals surface area contributed by atoms with Gasteiger partial charge in [0.15, 0.2) is 5.76 Å². The van der Waals surface area contributed by atoms with Gasteiger partial charge in [0.05, 0.1) is 17.0 Å². The highest BCUT2D eigenvalue weighted by Crippen LogP contribution is 2.21. The molecule has 168 valence electrons. The summed E-state index contributed by atoms with van der Waals surface area (Å²) in [4.78, 5) is 29.9. The van der Waals surface area contributed by atoms with Gasteiger partial charge in [-0.15, -0.1) is 11.3 Å².